The van der Waals surface area contributed by atoms with E-state index in [1.165, 1.54) is 19.1 Å². The molecular formula is C12H10FNO5S. The molecule has 0 unspecified atom stereocenters. The molecule has 2 rings (SSSR count). The number of carboxylic acid groups (broad SMARTS) is 1. The van der Waals surface area contributed by atoms with Crippen molar-refractivity contribution in [2.24, 2.45) is 0 Å². The van der Waals surface area contributed by atoms with Crippen LogP contribution in [0, 0.1) is 12.7 Å². The first-order valence-electron chi connectivity index (χ1n) is 5.42. The molecule has 1 heterocycles. The van der Waals surface area contributed by atoms with Crippen LogP contribution in [0.2, 0.25) is 0 Å². The maximum absolute atomic E-state index is 12.7. The summed E-state index contributed by atoms with van der Waals surface area (Å²) in [5.41, 5.74) is 0.156. The minimum Gasteiger partial charge on any atom is -0.475 e. The van der Waals surface area contributed by atoms with Gasteiger partial charge in [-0.25, -0.2) is 17.6 Å². The number of rotatable bonds is 4. The van der Waals surface area contributed by atoms with Crippen molar-refractivity contribution in [3.63, 3.8) is 0 Å². The lowest BCUT2D eigenvalue weighted by atomic mass is 10.3. The molecule has 106 valence electrons. The molecule has 20 heavy (non-hydrogen) atoms. The number of anilines is 1. The van der Waals surface area contributed by atoms with Gasteiger partial charge in [-0.15, -0.1) is 0 Å². The van der Waals surface area contributed by atoms with Gasteiger partial charge in [0.1, 0.15) is 16.5 Å². The van der Waals surface area contributed by atoms with Gasteiger partial charge >= 0.3 is 5.97 Å². The maximum Gasteiger partial charge on any atom is 0.371 e. The highest BCUT2D eigenvalue weighted by Crippen LogP contribution is 2.23. The summed E-state index contributed by atoms with van der Waals surface area (Å²) in [6, 6.07) is 5.62. The molecule has 1 aromatic carbocycles. The number of hydrogen-bond acceptors (Lipinski definition) is 4. The topological polar surface area (TPSA) is 96.6 Å². The SMILES string of the molecule is Cc1oc(C(=O)O)cc1S(=O)(=O)Nc1ccc(F)cc1. The number of furan rings is 1. The Kier molecular flexibility index (Phi) is 3.49. The number of carboxylic acids is 1. The van der Waals surface area contributed by atoms with Gasteiger partial charge < -0.3 is 9.52 Å². The predicted molar refractivity (Wildman–Crippen MR) is 67.6 cm³/mol. The third kappa shape index (κ3) is 2.80. The van der Waals surface area contributed by atoms with Crippen LogP contribution in [0.15, 0.2) is 39.6 Å². The number of hydrogen-bond donors (Lipinski definition) is 2. The molecule has 2 N–H and O–H groups in total. The van der Waals surface area contributed by atoms with Gasteiger partial charge in [0.15, 0.2) is 0 Å². The van der Waals surface area contributed by atoms with Crippen LogP contribution in [0.1, 0.15) is 16.3 Å². The molecule has 0 saturated carbocycles. The molecule has 2 aromatic rings. The zero-order chi connectivity index (χ0) is 14.9. The molecule has 0 atom stereocenters. The van der Waals surface area contributed by atoms with Gasteiger partial charge in [-0.05, 0) is 31.2 Å². The first kappa shape index (κ1) is 14.1. The van der Waals surface area contributed by atoms with Crippen molar-refractivity contribution in [2.45, 2.75) is 11.8 Å². The molecular weight excluding hydrogens is 289 g/mol. The lowest BCUT2D eigenvalue weighted by Gasteiger charge is -2.06. The Morgan fingerprint density at radius 3 is 2.40 bits per heavy atom. The predicted octanol–water partition coefficient (Wildman–Crippen LogP) is 2.23. The van der Waals surface area contributed by atoms with Crippen LogP contribution in [0.25, 0.3) is 0 Å². The van der Waals surface area contributed by atoms with Crippen molar-refractivity contribution in [2.75, 3.05) is 4.72 Å². The summed E-state index contributed by atoms with van der Waals surface area (Å²) in [6.07, 6.45) is 0. The second kappa shape index (κ2) is 4.97. The first-order valence-corrected chi connectivity index (χ1v) is 6.90. The first-order chi connectivity index (χ1) is 9.29. The molecule has 1 aromatic heterocycles. The van der Waals surface area contributed by atoms with Crippen molar-refractivity contribution in [1.29, 1.82) is 0 Å². The molecule has 0 aliphatic carbocycles. The van der Waals surface area contributed by atoms with E-state index in [1.54, 1.807) is 0 Å². The average molecular weight is 299 g/mol. The molecule has 0 saturated heterocycles. The van der Waals surface area contributed by atoms with E-state index in [-0.39, 0.29) is 16.3 Å². The number of nitrogens with one attached hydrogen (secondary N) is 1. The highest BCUT2D eigenvalue weighted by molar-refractivity contribution is 7.92. The van der Waals surface area contributed by atoms with Crippen LogP contribution in [0.4, 0.5) is 10.1 Å². The van der Waals surface area contributed by atoms with Crippen molar-refractivity contribution < 1.29 is 27.1 Å². The van der Waals surface area contributed by atoms with Crippen molar-refractivity contribution in [3.05, 3.63) is 47.7 Å². The van der Waals surface area contributed by atoms with Crippen LogP contribution in [-0.2, 0) is 10.0 Å². The lowest BCUT2D eigenvalue weighted by Crippen LogP contribution is -2.13. The maximum atomic E-state index is 12.7. The van der Waals surface area contributed by atoms with E-state index in [2.05, 4.69) is 4.72 Å². The Hall–Kier alpha value is -2.35. The van der Waals surface area contributed by atoms with Crippen molar-refractivity contribution >= 4 is 21.7 Å². The summed E-state index contributed by atoms with van der Waals surface area (Å²) in [5.74, 6) is -2.38. The molecule has 0 spiro atoms. The van der Waals surface area contributed by atoms with Crippen LogP contribution in [0.3, 0.4) is 0 Å². The third-order valence-corrected chi connectivity index (χ3v) is 3.96. The molecule has 0 aliphatic rings. The molecule has 8 heteroatoms. The van der Waals surface area contributed by atoms with Gasteiger partial charge in [0.25, 0.3) is 10.0 Å². The molecule has 0 radical (unpaired) electrons. The number of carbonyl (C=O) groups is 1. The van der Waals surface area contributed by atoms with E-state index < -0.39 is 27.6 Å². The average Bonchev–Trinajstić information content (AvgIpc) is 2.75. The van der Waals surface area contributed by atoms with E-state index >= 15 is 0 Å². The van der Waals surface area contributed by atoms with Gasteiger partial charge in [-0.1, -0.05) is 0 Å². The highest BCUT2D eigenvalue weighted by atomic mass is 32.2. The van der Waals surface area contributed by atoms with Gasteiger partial charge in [0.05, 0.1) is 0 Å². The fourth-order valence-electron chi connectivity index (χ4n) is 1.57. The quantitative estimate of drug-likeness (QED) is 0.902. The summed E-state index contributed by atoms with van der Waals surface area (Å²) in [5, 5.41) is 8.76. The number of aryl methyl sites for hydroxylation is 1. The smallest absolute Gasteiger partial charge is 0.371 e. The Morgan fingerprint density at radius 1 is 1.30 bits per heavy atom. The summed E-state index contributed by atoms with van der Waals surface area (Å²) < 4.78 is 44.0. The van der Waals surface area contributed by atoms with Crippen LogP contribution in [0.5, 0.6) is 0 Å². The zero-order valence-corrected chi connectivity index (χ0v) is 11.1. The minimum atomic E-state index is -4.00. The summed E-state index contributed by atoms with van der Waals surface area (Å²) >= 11 is 0. The number of benzene rings is 1. The molecule has 0 fully saturated rings. The van der Waals surface area contributed by atoms with Crippen LogP contribution < -0.4 is 4.72 Å². The molecule has 0 aliphatic heterocycles. The standard InChI is InChI=1S/C12H10FNO5S/c1-7-11(6-10(19-7)12(15)16)20(17,18)14-9-4-2-8(13)3-5-9/h2-6,14H,1H3,(H,15,16). The van der Waals surface area contributed by atoms with Crippen LogP contribution in [-0.4, -0.2) is 19.5 Å². The Balaban J connectivity index is 2.35. The molecule has 0 bridgehead atoms. The summed E-state index contributed by atoms with van der Waals surface area (Å²) in [4.78, 5) is 10.5. The third-order valence-electron chi connectivity index (χ3n) is 2.47. The van der Waals surface area contributed by atoms with Gasteiger partial charge in [0, 0.05) is 11.8 Å². The minimum absolute atomic E-state index is 0.0444. The summed E-state index contributed by atoms with van der Waals surface area (Å²) in [6.45, 7) is 1.34. The van der Waals surface area contributed by atoms with Crippen molar-refractivity contribution in [3.8, 4) is 0 Å². The largest absolute Gasteiger partial charge is 0.475 e. The Bertz CT molecular complexity index is 749. The fourth-order valence-corrected chi connectivity index (χ4v) is 2.80. The number of aromatic carboxylic acids is 1. The lowest BCUT2D eigenvalue weighted by molar-refractivity contribution is 0.0661. The normalized spacial score (nSPS) is 11.3. The van der Waals surface area contributed by atoms with E-state index in [0.717, 1.165) is 18.2 Å². The van der Waals surface area contributed by atoms with E-state index in [4.69, 9.17) is 9.52 Å². The Morgan fingerprint density at radius 2 is 1.90 bits per heavy atom. The number of halogens is 1. The monoisotopic (exact) mass is 299 g/mol. The second-order valence-electron chi connectivity index (χ2n) is 3.95. The van der Waals surface area contributed by atoms with Gasteiger partial charge in [0.2, 0.25) is 5.76 Å². The molecule has 6 nitrogen and oxygen atoms in total. The van der Waals surface area contributed by atoms with E-state index in [9.17, 15) is 17.6 Å². The zero-order valence-electron chi connectivity index (χ0n) is 10.3. The second-order valence-corrected chi connectivity index (χ2v) is 5.60. The number of sulfonamides is 1. The van der Waals surface area contributed by atoms with Gasteiger partial charge in [-0.3, -0.25) is 4.72 Å². The van der Waals surface area contributed by atoms with Gasteiger partial charge in [-0.2, -0.15) is 0 Å². The van der Waals surface area contributed by atoms with Crippen molar-refractivity contribution in [1.82, 2.24) is 0 Å². The van der Waals surface area contributed by atoms with Crippen LogP contribution >= 0.6 is 0 Å². The fraction of sp³-hybridized carbons (Fsp3) is 0.0833. The highest BCUT2D eigenvalue weighted by Gasteiger charge is 2.23. The molecule has 0 amide bonds. The van der Waals surface area contributed by atoms with E-state index in [1.807, 2.05) is 0 Å². The Labute approximate surface area is 113 Å². The van der Waals surface area contributed by atoms with E-state index in [0.29, 0.717) is 0 Å². The summed E-state index contributed by atoms with van der Waals surface area (Å²) in [7, 11) is -4.00.